The number of hydrogen-bond acceptors (Lipinski definition) is 4. The molecule has 2 aromatic rings. The van der Waals surface area contributed by atoms with Gasteiger partial charge in [0.05, 0.1) is 6.42 Å². The summed E-state index contributed by atoms with van der Waals surface area (Å²) < 4.78 is 46.1. The Hall–Kier alpha value is -3.56. The maximum atomic E-state index is 13.6. The van der Waals surface area contributed by atoms with Crippen LogP contribution in [-0.2, 0) is 14.3 Å². The topological polar surface area (TPSA) is 95.9 Å². The zero-order valence-corrected chi connectivity index (χ0v) is 19.3. The number of benzene rings is 2. The summed E-state index contributed by atoms with van der Waals surface area (Å²) in [6, 6.07) is 11.9. The van der Waals surface area contributed by atoms with Crippen LogP contribution in [0.4, 0.5) is 18.0 Å². The number of rotatable bonds is 9. The molecule has 0 aromatic heterocycles. The van der Waals surface area contributed by atoms with Crippen molar-refractivity contribution >= 4 is 18.0 Å². The molecule has 35 heavy (non-hydrogen) atoms. The molecule has 10 heteroatoms. The van der Waals surface area contributed by atoms with Gasteiger partial charge in [0.2, 0.25) is 5.91 Å². The molecule has 2 unspecified atom stereocenters. The van der Waals surface area contributed by atoms with Crippen LogP contribution in [0.3, 0.4) is 0 Å². The first-order valence-electron chi connectivity index (χ1n) is 11.2. The molecule has 2 amide bonds. The van der Waals surface area contributed by atoms with Crippen molar-refractivity contribution in [3.63, 3.8) is 0 Å². The van der Waals surface area contributed by atoms with Crippen LogP contribution < -0.4 is 5.32 Å². The molecule has 188 valence electrons. The van der Waals surface area contributed by atoms with Crippen molar-refractivity contribution in [3.8, 4) is 11.1 Å². The molecule has 0 spiro atoms. The number of alkyl halides is 3. The smallest absolute Gasteiger partial charge is 0.409 e. The van der Waals surface area contributed by atoms with Gasteiger partial charge in [0.15, 0.2) is 0 Å². The highest BCUT2D eigenvalue weighted by atomic mass is 19.4. The Labute approximate surface area is 200 Å². The normalized spacial score (nSPS) is 14.4. The molecule has 0 bridgehead atoms. The summed E-state index contributed by atoms with van der Waals surface area (Å²) in [5, 5.41) is 10.8. The SMILES string of the molecule is CCC(C)N(CC(=O)O)C(=O)CC(NC(=O)OCC1c2ccccc2-c2ccccc21)C(F)(F)F. The minimum absolute atomic E-state index is 0.184. The molecule has 0 aliphatic heterocycles. The molecule has 0 saturated heterocycles. The molecule has 2 atom stereocenters. The van der Waals surface area contributed by atoms with Crippen LogP contribution in [0.2, 0.25) is 0 Å². The van der Waals surface area contributed by atoms with Gasteiger partial charge in [-0.05, 0) is 35.6 Å². The number of carboxylic acid groups (broad SMARTS) is 1. The molecule has 0 heterocycles. The summed E-state index contributed by atoms with van der Waals surface area (Å²) >= 11 is 0. The average molecular weight is 492 g/mol. The third-order valence-electron chi connectivity index (χ3n) is 6.16. The van der Waals surface area contributed by atoms with E-state index in [-0.39, 0.29) is 12.5 Å². The fourth-order valence-corrected chi connectivity index (χ4v) is 4.18. The first-order chi connectivity index (χ1) is 16.5. The number of hydrogen-bond donors (Lipinski definition) is 2. The highest BCUT2D eigenvalue weighted by Gasteiger charge is 2.43. The molecule has 1 aliphatic rings. The number of amides is 2. The molecule has 2 N–H and O–H groups in total. The van der Waals surface area contributed by atoms with Crippen LogP contribution in [0.1, 0.15) is 43.7 Å². The maximum absolute atomic E-state index is 13.6. The number of carbonyl (C=O) groups is 3. The number of fused-ring (bicyclic) bond motifs is 3. The van der Waals surface area contributed by atoms with Crippen molar-refractivity contribution in [2.45, 2.75) is 50.9 Å². The van der Waals surface area contributed by atoms with E-state index in [1.807, 2.05) is 48.5 Å². The minimum Gasteiger partial charge on any atom is -0.480 e. The fourth-order valence-electron chi connectivity index (χ4n) is 4.18. The average Bonchev–Trinajstić information content (AvgIpc) is 3.13. The molecule has 2 aromatic carbocycles. The van der Waals surface area contributed by atoms with E-state index in [9.17, 15) is 27.6 Å². The summed E-state index contributed by atoms with van der Waals surface area (Å²) in [6.45, 7) is 2.31. The van der Waals surface area contributed by atoms with Crippen molar-refractivity contribution in [2.24, 2.45) is 0 Å². The number of nitrogens with one attached hydrogen (secondary N) is 1. The number of carbonyl (C=O) groups excluding carboxylic acids is 2. The van der Waals surface area contributed by atoms with Crippen LogP contribution in [0, 0.1) is 0 Å². The van der Waals surface area contributed by atoms with Crippen LogP contribution in [0.5, 0.6) is 0 Å². The summed E-state index contributed by atoms with van der Waals surface area (Å²) in [5.41, 5.74) is 3.75. The zero-order valence-electron chi connectivity index (χ0n) is 19.3. The van der Waals surface area contributed by atoms with Crippen molar-refractivity contribution in [1.29, 1.82) is 0 Å². The summed E-state index contributed by atoms with van der Waals surface area (Å²) in [5.74, 6) is -2.70. The molecule has 0 saturated carbocycles. The summed E-state index contributed by atoms with van der Waals surface area (Å²) in [4.78, 5) is 36.8. The van der Waals surface area contributed by atoms with E-state index in [0.717, 1.165) is 27.2 Å². The monoisotopic (exact) mass is 492 g/mol. The van der Waals surface area contributed by atoms with E-state index in [0.29, 0.717) is 6.42 Å². The third kappa shape index (κ3) is 6.12. The quantitative estimate of drug-likeness (QED) is 0.535. The van der Waals surface area contributed by atoms with E-state index in [1.54, 1.807) is 19.2 Å². The Bertz CT molecular complexity index is 1040. The van der Waals surface area contributed by atoms with Gasteiger partial charge in [-0.2, -0.15) is 13.2 Å². The van der Waals surface area contributed by atoms with E-state index in [2.05, 4.69) is 0 Å². The Morgan fingerprint density at radius 1 is 1.06 bits per heavy atom. The van der Waals surface area contributed by atoms with Gasteiger partial charge < -0.3 is 20.1 Å². The highest BCUT2D eigenvalue weighted by molar-refractivity contribution is 5.83. The molecule has 7 nitrogen and oxygen atoms in total. The molecular formula is C25H27F3N2O5. The summed E-state index contributed by atoms with van der Waals surface area (Å²) in [7, 11) is 0. The molecular weight excluding hydrogens is 465 g/mol. The van der Waals surface area contributed by atoms with Gasteiger partial charge >= 0.3 is 18.2 Å². The van der Waals surface area contributed by atoms with Crippen molar-refractivity contribution < 1.29 is 37.4 Å². The number of aliphatic carboxylic acids is 1. The van der Waals surface area contributed by atoms with Gasteiger partial charge in [-0.15, -0.1) is 0 Å². The lowest BCUT2D eigenvalue weighted by Crippen LogP contribution is -2.50. The second-order valence-corrected chi connectivity index (χ2v) is 8.44. The number of nitrogens with zero attached hydrogens (tertiary/aromatic N) is 1. The van der Waals surface area contributed by atoms with E-state index in [1.165, 1.54) is 0 Å². The number of carboxylic acids is 1. The zero-order chi connectivity index (χ0) is 25.8. The Balaban J connectivity index is 1.69. The van der Waals surface area contributed by atoms with Crippen LogP contribution >= 0.6 is 0 Å². The minimum atomic E-state index is -4.94. The van der Waals surface area contributed by atoms with Crippen molar-refractivity contribution in [2.75, 3.05) is 13.2 Å². The lowest BCUT2D eigenvalue weighted by molar-refractivity contribution is -0.165. The van der Waals surface area contributed by atoms with Gasteiger partial charge in [0.1, 0.15) is 19.2 Å². The van der Waals surface area contributed by atoms with Crippen LogP contribution in [-0.4, -0.2) is 59.4 Å². The lowest BCUT2D eigenvalue weighted by atomic mass is 9.98. The Kier molecular flexibility index (Phi) is 8.03. The highest BCUT2D eigenvalue weighted by Crippen LogP contribution is 2.44. The second kappa shape index (κ2) is 10.8. The fraction of sp³-hybridized carbons (Fsp3) is 0.400. The van der Waals surface area contributed by atoms with Gasteiger partial charge in [-0.1, -0.05) is 55.5 Å². The summed E-state index contributed by atoms with van der Waals surface area (Å²) in [6.07, 6.45) is -7.03. The molecule has 0 radical (unpaired) electrons. The molecule has 1 aliphatic carbocycles. The van der Waals surface area contributed by atoms with Crippen molar-refractivity contribution in [3.05, 3.63) is 59.7 Å². The predicted octanol–water partition coefficient (Wildman–Crippen LogP) is 4.56. The predicted molar refractivity (Wildman–Crippen MR) is 122 cm³/mol. The Morgan fingerprint density at radius 3 is 2.09 bits per heavy atom. The van der Waals surface area contributed by atoms with Crippen molar-refractivity contribution in [1.82, 2.24) is 10.2 Å². The number of ether oxygens (including phenoxy) is 1. The van der Waals surface area contributed by atoms with Gasteiger partial charge in [0.25, 0.3) is 0 Å². The second-order valence-electron chi connectivity index (χ2n) is 8.44. The van der Waals surface area contributed by atoms with Crippen LogP contribution in [0.25, 0.3) is 11.1 Å². The van der Waals surface area contributed by atoms with Gasteiger partial charge in [-0.25, -0.2) is 4.79 Å². The first kappa shape index (κ1) is 26.1. The van der Waals surface area contributed by atoms with E-state index < -0.39 is 49.2 Å². The van der Waals surface area contributed by atoms with E-state index >= 15 is 0 Å². The Morgan fingerprint density at radius 2 is 1.60 bits per heavy atom. The molecule has 0 fully saturated rings. The maximum Gasteiger partial charge on any atom is 0.409 e. The standard InChI is InChI=1S/C25H27F3N2O5/c1-3-15(2)30(13-23(32)33)22(31)12-21(25(26,27)28)29-24(34)35-14-20-18-10-6-4-8-16(18)17-9-5-7-11-19(17)20/h4-11,15,20-21H,3,12-14H2,1-2H3,(H,29,34)(H,32,33). The van der Waals surface area contributed by atoms with E-state index in [4.69, 9.17) is 9.84 Å². The van der Waals surface area contributed by atoms with Gasteiger partial charge in [0, 0.05) is 12.0 Å². The third-order valence-corrected chi connectivity index (χ3v) is 6.16. The first-order valence-corrected chi connectivity index (χ1v) is 11.2. The lowest BCUT2D eigenvalue weighted by Gasteiger charge is -2.29. The number of halogens is 3. The van der Waals surface area contributed by atoms with Gasteiger partial charge in [-0.3, -0.25) is 9.59 Å². The van der Waals surface area contributed by atoms with Crippen LogP contribution in [0.15, 0.2) is 48.5 Å². The molecule has 3 rings (SSSR count). The number of alkyl carbamates (subject to hydrolysis) is 1. The largest absolute Gasteiger partial charge is 0.480 e.